The van der Waals surface area contributed by atoms with Crippen LogP contribution in [0.15, 0.2) is 24.3 Å². The van der Waals surface area contributed by atoms with E-state index in [1.54, 1.807) is 19.2 Å². The molecule has 1 aromatic carbocycles. The highest BCUT2D eigenvalue weighted by molar-refractivity contribution is 6.23. The summed E-state index contributed by atoms with van der Waals surface area (Å²) in [5.74, 6) is 1.23. The summed E-state index contributed by atoms with van der Waals surface area (Å²) in [5.41, 5.74) is 0.596. The van der Waals surface area contributed by atoms with Crippen LogP contribution in [0.3, 0.4) is 0 Å². The number of carbonyl (C=O) groups is 2. The molecule has 20 heavy (non-hydrogen) atoms. The number of anilines is 1. The molecule has 0 aromatic heterocycles. The molecule has 2 aliphatic carbocycles. The van der Waals surface area contributed by atoms with Gasteiger partial charge in [-0.05, 0) is 43.2 Å². The molecule has 1 heterocycles. The Morgan fingerprint density at radius 3 is 2.25 bits per heavy atom. The average molecular weight is 271 g/mol. The number of methoxy groups -OCH3 is 1. The molecule has 4 nitrogen and oxygen atoms in total. The summed E-state index contributed by atoms with van der Waals surface area (Å²) in [6.07, 6.45) is 3.27. The summed E-state index contributed by atoms with van der Waals surface area (Å²) < 4.78 is 5.30. The number of fused-ring (bicyclic) bond motifs is 5. The predicted octanol–water partition coefficient (Wildman–Crippen LogP) is 2.23. The third-order valence-corrected chi connectivity index (χ3v) is 5.25. The number of ether oxygens (including phenoxy) is 1. The molecule has 104 valence electrons. The van der Waals surface area contributed by atoms with Crippen molar-refractivity contribution in [2.45, 2.75) is 19.3 Å². The lowest BCUT2D eigenvalue weighted by atomic mass is 9.81. The van der Waals surface area contributed by atoms with Crippen LogP contribution in [0, 0.1) is 23.7 Å². The highest BCUT2D eigenvalue weighted by Crippen LogP contribution is 2.57. The van der Waals surface area contributed by atoms with Crippen LogP contribution < -0.4 is 9.64 Å². The number of rotatable bonds is 2. The zero-order valence-electron chi connectivity index (χ0n) is 11.4. The van der Waals surface area contributed by atoms with E-state index in [2.05, 4.69) is 0 Å². The number of benzene rings is 1. The van der Waals surface area contributed by atoms with Gasteiger partial charge in [0.25, 0.3) is 0 Å². The molecule has 2 bridgehead atoms. The largest absolute Gasteiger partial charge is 0.495 e. The van der Waals surface area contributed by atoms with Crippen LogP contribution >= 0.6 is 0 Å². The first-order chi connectivity index (χ1) is 9.72. The van der Waals surface area contributed by atoms with E-state index >= 15 is 0 Å². The van der Waals surface area contributed by atoms with E-state index in [9.17, 15) is 9.59 Å². The van der Waals surface area contributed by atoms with Gasteiger partial charge in [0.1, 0.15) is 5.75 Å². The minimum Gasteiger partial charge on any atom is -0.495 e. The Kier molecular flexibility index (Phi) is 2.43. The van der Waals surface area contributed by atoms with Crippen molar-refractivity contribution in [1.29, 1.82) is 0 Å². The minimum atomic E-state index is -0.0776. The van der Waals surface area contributed by atoms with Crippen LogP contribution in [-0.2, 0) is 9.59 Å². The fourth-order valence-electron chi connectivity index (χ4n) is 4.46. The summed E-state index contributed by atoms with van der Waals surface area (Å²) >= 11 is 0. The van der Waals surface area contributed by atoms with Crippen LogP contribution in [-0.4, -0.2) is 18.9 Å². The summed E-state index contributed by atoms with van der Waals surface area (Å²) in [6, 6.07) is 7.26. The molecule has 2 amide bonds. The van der Waals surface area contributed by atoms with Gasteiger partial charge < -0.3 is 4.74 Å². The van der Waals surface area contributed by atoms with Crippen molar-refractivity contribution in [3.63, 3.8) is 0 Å². The number of hydrogen-bond acceptors (Lipinski definition) is 3. The standard InChI is InChI=1S/C16H17NO3/c1-20-12-5-3-2-4-11(12)17-15(18)13-9-6-7-10(8-9)14(13)16(17)19/h2-5,9-10,13-14H,6-8H2,1H3/t9-,10-,13-,14+/m0/s1. The van der Waals surface area contributed by atoms with Crippen molar-refractivity contribution in [2.24, 2.45) is 23.7 Å². The Morgan fingerprint density at radius 1 is 1.05 bits per heavy atom. The van der Waals surface area contributed by atoms with Crippen molar-refractivity contribution in [1.82, 2.24) is 0 Å². The zero-order chi connectivity index (χ0) is 13.9. The van der Waals surface area contributed by atoms with Gasteiger partial charge in [0.2, 0.25) is 11.8 Å². The monoisotopic (exact) mass is 271 g/mol. The Balaban J connectivity index is 1.77. The quantitative estimate of drug-likeness (QED) is 0.775. The Labute approximate surface area is 117 Å². The van der Waals surface area contributed by atoms with Crippen LogP contribution in [0.25, 0.3) is 0 Å². The number of para-hydroxylation sites is 2. The second-order valence-electron chi connectivity index (χ2n) is 6.07. The van der Waals surface area contributed by atoms with Crippen LogP contribution in [0.5, 0.6) is 5.75 Å². The Morgan fingerprint density at radius 2 is 1.65 bits per heavy atom. The van der Waals surface area contributed by atoms with E-state index in [1.807, 2.05) is 12.1 Å². The van der Waals surface area contributed by atoms with Crippen molar-refractivity contribution < 1.29 is 14.3 Å². The van der Waals surface area contributed by atoms with E-state index < -0.39 is 0 Å². The average Bonchev–Trinajstić information content (AvgIpc) is 3.13. The van der Waals surface area contributed by atoms with Gasteiger partial charge in [-0.3, -0.25) is 9.59 Å². The fourth-order valence-corrected chi connectivity index (χ4v) is 4.46. The van der Waals surface area contributed by atoms with Gasteiger partial charge >= 0.3 is 0 Å². The van der Waals surface area contributed by atoms with Crippen molar-refractivity contribution in [3.8, 4) is 5.75 Å². The summed E-state index contributed by atoms with van der Waals surface area (Å²) in [5, 5.41) is 0. The van der Waals surface area contributed by atoms with Gasteiger partial charge in [0.05, 0.1) is 24.6 Å². The molecule has 4 heteroatoms. The molecule has 0 radical (unpaired) electrons. The maximum Gasteiger partial charge on any atom is 0.238 e. The maximum atomic E-state index is 12.7. The minimum absolute atomic E-state index is 0.0169. The van der Waals surface area contributed by atoms with Gasteiger partial charge in [-0.25, -0.2) is 4.90 Å². The lowest BCUT2D eigenvalue weighted by Crippen LogP contribution is -2.33. The molecule has 1 aromatic rings. The van der Waals surface area contributed by atoms with Gasteiger partial charge in [-0.15, -0.1) is 0 Å². The highest BCUT2D eigenvalue weighted by Gasteiger charge is 2.61. The molecule has 0 unspecified atom stereocenters. The van der Waals surface area contributed by atoms with E-state index in [-0.39, 0.29) is 23.7 Å². The molecule has 3 aliphatic rings. The normalized spacial score (nSPS) is 34.8. The molecule has 2 saturated carbocycles. The van der Waals surface area contributed by atoms with E-state index in [0.29, 0.717) is 23.3 Å². The lowest BCUT2D eigenvalue weighted by Gasteiger charge is -2.19. The van der Waals surface area contributed by atoms with Crippen LogP contribution in [0.1, 0.15) is 19.3 Å². The molecule has 4 atom stereocenters. The summed E-state index contributed by atoms with van der Waals surface area (Å²) in [7, 11) is 1.56. The molecule has 1 aliphatic heterocycles. The summed E-state index contributed by atoms with van der Waals surface area (Å²) in [4.78, 5) is 26.8. The number of amides is 2. The first kappa shape index (κ1) is 11.9. The highest BCUT2D eigenvalue weighted by atomic mass is 16.5. The Bertz CT molecular complexity index is 569. The first-order valence-corrected chi connectivity index (χ1v) is 7.23. The fraction of sp³-hybridized carbons (Fsp3) is 0.500. The van der Waals surface area contributed by atoms with Crippen LogP contribution in [0.4, 0.5) is 5.69 Å². The SMILES string of the molecule is COc1ccccc1N1C(=O)[C@@H]2[C@H]3CC[C@@H](C3)[C@@H]2C1=O. The molecule has 0 N–H and O–H groups in total. The third-order valence-electron chi connectivity index (χ3n) is 5.25. The molecular weight excluding hydrogens is 254 g/mol. The van der Waals surface area contributed by atoms with E-state index in [1.165, 1.54) is 4.90 Å². The molecule has 0 spiro atoms. The second-order valence-corrected chi connectivity index (χ2v) is 6.07. The van der Waals surface area contributed by atoms with E-state index in [0.717, 1.165) is 19.3 Å². The number of imide groups is 1. The smallest absolute Gasteiger partial charge is 0.238 e. The summed E-state index contributed by atoms with van der Waals surface area (Å²) in [6.45, 7) is 0. The van der Waals surface area contributed by atoms with E-state index in [4.69, 9.17) is 4.74 Å². The second kappa shape index (κ2) is 4.08. The molecule has 1 saturated heterocycles. The van der Waals surface area contributed by atoms with Crippen LogP contribution in [0.2, 0.25) is 0 Å². The predicted molar refractivity (Wildman–Crippen MR) is 73.3 cm³/mol. The zero-order valence-corrected chi connectivity index (χ0v) is 11.4. The maximum absolute atomic E-state index is 12.7. The van der Waals surface area contributed by atoms with Gasteiger partial charge in [-0.1, -0.05) is 12.1 Å². The third kappa shape index (κ3) is 1.37. The Hall–Kier alpha value is -1.84. The first-order valence-electron chi connectivity index (χ1n) is 7.23. The number of hydrogen-bond donors (Lipinski definition) is 0. The number of carbonyl (C=O) groups excluding carboxylic acids is 2. The topological polar surface area (TPSA) is 46.6 Å². The molecule has 4 rings (SSSR count). The van der Waals surface area contributed by atoms with Gasteiger partial charge in [0.15, 0.2) is 0 Å². The number of nitrogens with zero attached hydrogens (tertiary/aromatic N) is 1. The molecule has 3 fully saturated rings. The van der Waals surface area contributed by atoms with Crippen molar-refractivity contribution >= 4 is 17.5 Å². The van der Waals surface area contributed by atoms with Gasteiger partial charge in [-0.2, -0.15) is 0 Å². The lowest BCUT2D eigenvalue weighted by molar-refractivity contribution is -0.123. The van der Waals surface area contributed by atoms with Gasteiger partial charge in [0, 0.05) is 0 Å². The molecular formula is C16H17NO3. The van der Waals surface area contributed by atoms with Crippen molar-refractivity contribution in [3.05, 3.63) is 24.3 Å². The van der Waals surface area contributed by atoms with Crippen molar-refractivity contribution in [2.75, 3.05) is 12.0 Å².